The number of anilines is 3. The molecule has 0 radical (unpaired) electrons. The Morgan fingerprint density at radius 1 is 0.975 bits per heavy atom. The molecule has 9 nitrogen and oxygen atoms in total. The van der Waals surface area contributed by atoms with Crippen molar-refractivity contribution in [3.63, 3.8) is 0 Å². The van der Waals surface area contributed by atoms with Gasteiger partial charge in [-0.2, -0.15) is 0 Å². The van der Waals surface area contributed by atoms with E-state index in [1.54, 1.807) is 12.1 Å². The summed E-state index contributed by atoms with van der Waals surface area (Å²) < 4.78 is 5.66. The molecule has 0 saturated carbocycles. The summed E-state index contributed by atoms with van der Waals surface area (Å²) in [6.45, 7) is 6.50. The maximum Gasteiger partial charge on any atom is 0.169 e. The summed E-state index contributed by atoms with van der Waals surface area (Å²) in [5.41, 5.74) is 10.5. The Kier molecular flexibility index (Phi) is 6.66. The SMILES string of the molecule is Nc1nnc(-c2ccccc2O)cc1N1CC2CCC(C1)N2c1ccnc(C#CCN2CC3CCOCC3C2)c1. The topological polar surface area (TPSA) is 104 Å². The van der Waals surface area contributed by atoms with Crippen molar-refractivity contribution in [3.05, 3.63) is 54.4 Å². The van der Waals surface area contributed by atoms with Gasteiger partial charge in [0.1, 0.15) is 11.4 Å². The van der Waals surface area contributed by atoms with Crippen molar-refractivity contribution in [2.75, 3.05) is 61.5 Å². The van der Waals surface area contributed by atoms with Crippen LogP contribution in [0.3, 0.4) is 0 Å². The average Bonchev–Trinajstić information content (AvgIpc) is 3.51. The monoisotopic (exact) mass is 537 g/mol. The molecule has 9 heteroatoms. The summed E-state index contributed by atoms with van der Waals surface area (Å²) >= 11 is 0. The zero-order valence-corrected chi connectivity index (χ0v) is 22.6. The van der Waals surface area contributed by atoms with Gasteiger partial charge < -0.3 is 25.4 Å². The normalized spacial score (nSPS) is 25.9. The van der Waals surface area contributed by atoms with Crippen LogP contribution < -0.4 is 15.5 Å². The standard InChI is InChI=1S/C31H35N7O2/c32-31-29(15-28(34-35-31)27-5-1-2-6-30(27)39)37-18-25-7-8-26(19-37)38(25)24-9-11-33-23(14-24)4-3-12-36-16-21-10-13-40-20-22(21)17-36/h1-2,5-6,9,11,14-15,21-22,25-26,39H,7-8,10,12-13,16-20H2,(H2,32,35). The number of fused-ring (bicyclic) bond motifs is 3. The molecule has 3 N–H and O–H groups in total. The fourth-order valence-electron chi connectivity index (χ4n) is 7.03. The number of aromatic nitrogens is 3. The number of piperazine rings is 1. The first-order chi connectivity index (χ1) is 19.6. The molecule has 7 rings (SSSR count). The van der Waals surface area contributed by atoms with Crippen LogP contribution in [0.2, 0.25) is 0 Å². The van der Waals surface area contributed by atoms with Crippen LogP contribution in [0.15, 0.2) is 48.7 Å². The number of phenols is 1. The van der Waals surface area contributed by atoms with Gasteiger partial charge in [0.25, 0.3) is 0 Å². The summed E-state index contributed by atoms with van der Waals surface area (Å²) in [4.78, 5) is 11.9. The van der Waals surface area contributed by atoms with E-state index >= 15 is 0 Å². The van der Waals surface area contributed by atoms with Crippen molar-refractivity contribution in [2.45, 2.75) is 31.3 Å². The second-order valence-electron chi connectivity index (χ2n) is 11.5. The van der Waals surface area contributed by atoms with Crippen LogP contribution in [0.4, 0.5) is 17.2 Å². The smallest absolute Gasteiger partial charge is 0.169 e. The van der Waals surface area contributed by atoms with Gasteiger partial charge in [0, 0.05) is 62.3 Å². The highest BCUT2D eigenvalue weighted by Crippen LogP contribution is 2.39. The van der Waals surface area contributed by atoms with Gasteiger partial charge in [0.15, 0.2) is 5.82 Å². The second kappa shape index (κ2) is 10.6. The molecule has 4 saturated heterocycles. The lowest BCUT2D eigenvalue weighted by molar-refractivity contribution is 0.0370. The van der Waals surface area contributed by atoms with E-state index in [0.29, 0.717) is 35.1 Å². The largest absolute Gasteiger partial charge is 0.507 e. The van der Waals surface area contributed by atoms with Gasteiger partial charge >= 0.3 is 0 Å². The number of para-hydroxylation sites is 1. The lowest BCUT2D eigenvalue weighted by atomic mass is 9.92. The molecule has 0 amide bonds. The van der Waals surface area contributed by atoms with Crippen LogP contribution in [-0.2, 0) is 4.74 Å². The minimum Gasteiger partial charge on any atom is -0.507 e. The number of nitrogens with zero attached hydrogens (tertiary/aromatic N) is 6. The van der Waals surface area contributed by atoms with Crippen molar-refractivity contribution >= 4 is 17.2 Å². The molecular weight excluding hydrogens is 502 g/mol. The molecule has 4 aliphatic heterocycles. The third kappa shape index (κ3) is 4.82. The Morgan fingerprint density at radius 3 is 2.62 bits per heavy atom. The van der Waals surface area contributed by atoms with Crippen LogP contribution in [0.1, 0.15) is 25.0 Å². The van der Waals surface area contributed by atoms with Gasteiger partial charge in [-0.05, 0) is 67.4 Å². The van der Waals surface area contributed by atoms with Gasteiger partial charge in [-0.15, -0.1) is 10.2 Å². The van der Waals surface area contributed by atoms with Crippen molar-refractivity contribution in [2.24, 2.45) is 11.8 Å². The van der Waals surface area contributed by atoms with E-state index in [2.05, 4.69) is 53.9 Å². The lowest BCUT2D eigenvalue weighted by Gasteiger charge is -2.43. The summed E-state index contributed by atoms with van der Waals surface area (Å²) in [5.74, 6) is 8.74. The number of likely N-dealkylation sites (tertiary alicyclic amines) is 1. The van der Waals surface area contributed by atoms with Crippen molar-refractivity contribution in [1.29, 1.82) is 0 Å². The third-order valence-electron chi connectivity index (χ3n) is 8.98. The number of hydrogen-bond donors (Lipinski definition) is 2. The van der Waals surface area contributed by atoms with Crippen LogP contribution in [0.5, 0.6) is 5.75 Å². The number of phenolic OH excluding ortho intramolecular Hbond substituents is 1. The number of hydrogen-bond acceptors (Lipinski definition) is 9. The zero-order valence-electron chi connectivity index (χ0n) is 22.6. The van der Waals surface area contributed by atoms with Crippen LogP contribution in [-0.4, -0.2) is 83.2 Å². The highest BCUT2D eigenvalue weighted by atomic mass is 16.5. The van der Waals surface area contributed by atoms with E-state index in [-0.39, 0.29) is 5.75 Å². The highest BCUT2D eigenvalue weighted by Gasteiger charge is 2.41. The predicted octanol–water partition coefficient (Wildman–Crippen LogP) is 3.00. The number of rotatable bonds is 4. The second-order valence-corrected chi connectivity index (χ2v) is 11.5. The summed E-state index contributed by atoms with van der Waals surface area (Å²) in [6, 6.07) is 14.1. The molecule has 4 fully saturated rings. The molecule has 4 unspecified atom stereocenters. The summed E-state index contributed by atoms with van der Waals surface area (Å²) in [5, 5.41) is 18.8. The minimum absolute atomic E-state index is 0.182. The molecule has 40 heavy (non-hydrogen) atoms. The highest BCUT2D eigenvalue weighted by molar-refractivity contribution is 5.74. The summed E-state index contributed by atoms with van der Waals surface area (Å²) in [6.07, 6.45) is 5.30. The lowest BCUT2D eigenvalue weighted by Crippen LogP contribution is -2.54. The molecule has 4 aliphatic rings. The number of nitrogens with two attached hydrogens (primary N) is 1. The summed E-state index contributed by atoms with van der Waals surface area (Å²) in [7, 11) is 0. The van der Waals surface area contributed by atoms with Gasteiger partial charge in [0.05, 0.1) is 24.5 Å². The Morgan fingerprint density at radius 2 is 1.80 bits per heavy atom. The van der Waals surface area contributed by atoms with E-state index in [0.717, 1.165) is 76.1 Å². The van der Waals surface area contributed by atoms with E-state index in [1.165, 1.54) is 12.1 Å². The maximum atomic E-state index is 10.3. The molecule has 2 aromatic heterocycles. The Balaban J connectivity index is 1.05. The van der Waals surface area contributed by atoms with Crippen LogP contribution >= 0.6 is 0 Å². The number of benzene rings is 1. The predicted molar refractivity (Wildman–Crippen MR) is 155 cm³/mol. The maximum absolute atomic E-state index is 10.3. The average molecular weight is 538 g/mol. The Bertz CT molecular complexity index is 1420. The molecule has 6 heterocycles. The molecule has 0 aliphatic carbocycles. The Hall–Kier alpha value is -3.87. The van der Waals surface area contributed by atoms with Gasteiger partial charge in [0.2, 0.25) is 0 Å². The Labute approximate surface area is 235 Å². The molecule has 4 atom stereocenters. The molecule has 1 aromatic carbocycles. The van der Waals surface area contributed by atoms with Gasteiger partial charge in [-0.25, -0.2) is 4.98 Å². The van der Waals surface area contributed by atoms with Gasteiger partial charge in [-0.1, -0.05) is 18.1 Å². The first-order valence-corrected chi connectivity index (χ1v) is 14.3. The van der Waals surface area contributed by atoms with E-state index in [1.807, 2.05) is 24.4 Å². The van der Waals surface area contributed by atoms with Gasteiger partial charge in [-0.3, -0.25) is 4.90 Å². The molecular formula is C31H35N7O2. The van der Waals surface area contributed by atoms with E-state index in [9.17, 15) is 5.11 Å². The van der Waals surface area contributed by atoms with Crippen molar-refractivity contribution < 1.29 is 9.84 Å². The van der Waals surface area contributed by atoms with E-state index in [4.69, 9.17) is 10.5 Å². The quantitative estimate of drug-likeness (QED) is 0.486. The van der Waals surface area contributed by atoms with E-state index < -0.39 is 0 Å². The zero-order chi connectivity index (χ0) is 27.1. The molecule has 3 aromatic rings. The van der Waals surface area contributed by atoms with Crippen molar-refractivity contribution in [3.8, 4) is 28.8 Å². The molecule has 0 spiro atoms. The number of ether oxygens (including phenoxy) is 1. The van der Waals surface area contributed by atoms with Crippen molar-refractivity contribution in [1.82, 2.24) is 20.1 Å². The van der Waals surface area contributed by atoms with Crippen LogP contribution in [0.25, 0.3) is 11.3 Å². The minimum atomic E-state index is 0.182. The first-order valence-electron chi connectivity index (χ1n) is 14.3. The number of nitrogen functional groups attached to an aromatic ring is 1. The fourth-order valence-corrected chi connectivity index (χ4v) is 7.03. The fraction of sp³-hybridized carbons (Fsp3) is 0.452. The third-order valence-corrected chi connectivity index (χ3v) is 8.98. The number of pyridine rings is 1. The molecule has 2 bridgehead atoms. The first kappa shape index (κ1) is 25.1. The molecule has 206 valence electrons. The van der Waals surface area contributed by atoms with Crippen LogP contribution in [0, 0.1) is 23.7 Å². The number of aromatic hydroxyl groups is 1.